The Morgan fingerprint density at radius 1 is 1.57 bits per heavy atom. The summed E-state index contributed by atoms with van der Waals surface area (Å²) in [6.07, 6.45) is 0. The van der Waals surface area contributed by atoms with Crippen molar-refractivity contribution < 1.29 is 13.9 Å². The van der Waals surface area contributed by atoms with Gasteiger partial charge in [0.15, 0.2) is 0 Å². The molecule has 0 spiro atoms. The van der Waals surface area contributed by atoms with Crippen molar-refractivity contribution in [3.63, 3.8) is 0 Å². The number of nitrogens with one attached hydrogen (secondary N) is 1. The molecule has 1 amide bonds. The van der Waals surface area contributed by atoms with Crippen molar-refractivity contribution in [3.05, 3.63) is 40.1 Å². The van der Waals surface area contributed by atoms with Crippen molar-refractivity contribution in [1.82, 2.24) is 4.98 Å². The quantitative estimate of drug-likeness (QED) is 0.890. The van der Waals surface area contributed by atoms with Crippen LogP contribution >= 0.6 is 11.3 Å². The highest BCUT2D eigenvalue weighted by Crippen LogP contribution is 2.26. The molecule has 2 aromatic rings. The van der Waals surface area contributed by atoms with E-state index in [1.165, 1.54) is 29.5 Å². The van der Waals surface area contributed by atoms with E-state index in [1.807, 2.05) is 0 Å². The molecule has 21 heavy (non-hydrogen) atoms. The van der Waals surface area contributed by atoms with E-state index in [-0.39, 0.29) is 23.4 Å². The van der Waals surface area contributed by atoms with Crippen molar-refractivity contribution >= 4 is 22.9 Å². The second-order valence-corrected chi connectivity index (χ2v) is 5.28. The maximum absolute atomic E-state index is 13.2. The van der Waals surface area contributed by atoms with Gasteiger partial charge in [-0.1, -0.05) is 0 Å². The highest BCUT2D eigenvalue weighted by molar-refractivity contribution is 7.09. The molecule has 0 fully saturated rings. The molecule has 2 rings (SSSR count). The van der Waals surface area contributed by atoms with Gasteiger partial charge in [0.25, 0.3) is 5.91 Å². The van der Waals surface area contributed by atoms with E-state index in [9.17, 15) is 9.18 Å². The van der Waals surface area contributed by atoms with Crippen molar-refractivity contribution in [1.29, 1.82) is 0 Å². The first-order valence-corrected chi connectivity index (χ1v) is 7.34. The normalized spacial score (nSPS) is 12.0. The Bertz CT molecular complexity index is 643. The number of rotatable bonds is 5. The number of ether oxygens (including phenoxy) is 1. The fraction of sp³-hybridized carbons (Fsp3) is 0.286. The van der Waals surface area contributed by atoms with E-state index in [2.05, 4.69) is 10.3 Å². The number of benzene rings is 1. The van der Waals surface area contributed by atoms with Gasteiger partial charge in [0.1, 0.15) is 22.3 Å². The van der Waals surface area contributed by atoms with Crippen LogP contribution in [0.25, 0.3) is 0 Å². The van der Waals surface area contributed by atoms with Crippen LogP contribution in [0.15, 0.2) is 23.6 Å². The highest BCUT2D eigenvalue weighted by atomic mass is 32.1. The third-order valence-electron chi connectivity index (χ3n) is 2.64. The van der Waals surface area contributed by atoms with E-state index >= 15 is 0 Å². The molecule has 5 nitrogen and oxygen atoms in total. The molecular formula is C14H16FN3O2S. The monoisotopic (exact) mass is 309 g/mol. The van der Waals surface area contributed by atoms with Gasteiger partial charge in [-0.15, -0.1) is 11.3 Å². The first-order chi connectivity index (χ1) is 10.0. The van der Waals surface area contributed by atoms with Crippen LogP contribution in [0.4, 0.5) is 10.1 Å². The first kappa shape index (κ1) is 15.4. The zero-order valence-electron chi connectivity index (χ0n) is 11.7. The molecule has 0 radical (unpaired) electrons. The summed E-state index contributed by atoms with van der Waals surface area (Å²) < 4.78 is 18.5. The predicted molar refractivity (Wildman–Crippen MR) is 80.2 cm³/mol. The van der Waals surface area contributed by atoms with Crippen LogP contribution in [-0.4, -0.2) is 17.5 Å². The molecule has 0 aliphatic heterocycles. The summed E-state index contributed by atoms with van der Waals surface area (Å²) in [5.74, 6) is -0.524. The lowest BCUT2D eigenvalue weighted by molar-refractivity contribution is 0.102. The van der Waals surface area contributed by atoms with Gasteiger partial charge in [-0.05, 0) is 26.0 Å². The Labute approximate surface area is 126 Å². The number of carbonyl (C=O) groups excluding carboxylic acids is 1. The Morgan fingerprint density at radius 2 is 2.33 bits per heavy atom. The minimum Gasteiger partial charge on any atom is -0.492 e. The molecule has 3 N–H and O–H groups in total. The molecule has 0 saturated carbocycles. The summed E-state index contributed by atoms with van der Waals surface area (Å²) in [5.41, 5.74) is 6.39. The minimum absolute atomic E-state index is 0.221. The lowest BCUT2D eigenvalue weighted by atomic mass is 10.2. The van der Waals surface area contributed by atoms with Gasteiger partial charge >= 0.3 is 0 Å². The maximum atomic E-state index is 13.2. The highest BCUT2D eigenvalue weighted by Gasteiger charge is 2.15. The van der Waals surface area contributed by atoms with Crippen molar-refractivity contribution in [2.45, 2.75) is 19.9 Å². The van der Waals surface area contributed by atoms with E-state index in [1.54, 1.807) is 19.2 Å². The van der Waals surface area contributed by atoms with Gasteiger partial charge in [0, 0.05) is 11.4 Å². The number of anilines is 1. The summed E-state index contributed by atoms with van der Waals surface area (Å²) in [5, 5.41) is 4.99. The van der Waals surface area contributed by atoms with Gasteiger partial charge in [-0.25, -0.2) is 9.37 Å². The third-order valence-corrected chi connectivity index (χ3v) is 3.68. The van der Waals surface area contributed by atoms with E-state index < -0.39 is 5.82 Å². The molecule has 1 aromatic heterocycles. The molecule has 7 heteroatoms. The van der Waals surface area contributed by atoms with Crippen LogP contribution in [0.3, 0.4) is 0 Å². The van der Waals surface area contributed by atoms with Crippen molar-refractivity contribution in [2.75, 3.05) is 11.9 Å². The number of amides is 1. The Kier molecular flexibility index (Phi) is 4.87. The van der Waals surface area contributed by atoms with Gasteiger partial charge in [0.05, 0.1) is 18.3 Å². The first-order valence-electron chi connectivity index (χ1n) is 6.46. The Balaban J connectivity index is 2.18. The van der Waals surface area contributed by atoms with E-state index in [4.69, 9.17) is 10.5 Å². The molecule has 1 heterocycles. The van der Waals surface area contributed by atoms with Crippen LogP contribution in [-0.2, 0) is 0 Å². The van der Waals surface area contributed by atoms with Crippen molar-refractivity contribution in [3.8, 4) is 5.75 Å². The third kappa shape index (κ3) is 3.77. The molecule has 1 unspecified atom stereocenters. The lowest BCUT2D eigenvalue weighted by Gasteiger charge is -2.10. The zero-order chi connectivity index (χ0) is 15.4. The number of nitrogens with two attached hydrogens (primary N) is 1. The van der Waals surface area contributed by atoms with Crippen LogP contribution in [0.2, 0.25) is 0 Å². The fourth-order valence-corrected chi connectivity index (χ4v) is 2.42. The van der Waals surface area contributed by atoms with E-state index in [0.717, 1.165) is 0 Å². The minimum atomic E-state index is -0.427. The molecule has 0 aliphatic carbocycles. The van der Waals surface area contributed by atoms with E-state index in [0.29, 0.717) is 17.3 Å². The molecule has 0 aliphatic rings. The van der Waals surface area contributed by atoms with Gasteiger partial charge in [-0.2, -0.15) is 0 Å². The number of carbonyl (C=O) groups is 1. The molecule has 112 valence electrons. The van der Waals surface area contributed by atoms with Gasteiger partial charge < -0.3 is 15.8 Å². The predicted octanol–water partition coefficient (Wildman–Crippen LogP) is 2.95. The van der Waals surface area contributed by atoms with Crippen molar-refractivity contribution in [2.24, 2.45) is 5.73 Å². The number of halogens is 1. The van der Waals surface area contributed by atoms with Crippen LogP contribution in [0.5, 0.6) is 5.75 Å². The summed E-state index contributed by atoms with van der Waals surface area (Å²) in [6.45, 7) is 3.96. The number of nitrogens with zero attached hydrogens (tertiary/aromatic N) is 1. The number of hydrogen-bond donors (Lipinski definition) is 2. The summed E-state index contributed by atoms with van der Waals surface area (Å²) in [4.78, 5) is 16.3. The molecule has 0 saturated heterocycles. The van der Waals surface area contributed by atoms with Crippen LogP contribution in [0, 0.1) is 5.82 Å². The smallest absolute Gasteiger partial charge is 0.275 e. The molecular weight excluding hydrogens is 293 g/mol. The van der Waals surface area contributed by atoms with Gasteiger partial charge in [-0.3, -0.25) is 4.79 Å². The second-order valence-electron chi connectivity index (χ2n) is 4.39. The molecule has 0 bridgehead atoms. The van der Waals surface area contributed by atoms with Crippen LogP contribution in [0.1, 0.15) is 35.4 Å². The average Bonchev–Trinajstić information content (AvgIpc) is 2.92. The Hall–Kier alpha value is -1.99. The average molecular weight is 309 g/mol. The van der Waals surface area contributed by atoms with Crippen LogP contribution < -0.4 is 15.8 Å². The summed E-state index contributed by atoms with van der Waals surface area (Å²) in [6, 6.07) is 3.72. The zero-order valence-corrected chi connectivity index (χ0v) is 12.5. The maximum Gasteiger partial charge on any atom is 0.275 e. The largest absolute Gasteiger partial charge is 0.492 e. The molecule has 1 atom stereocenters. The summed E-state index contributed by atoms with van der Waals surface area (Å²) >= 11 is 1.33. The summed E-state index contributed by atoms with van der Waals surface area (Å²) in [7, 11) is 0. The topological polar surface area (TPSA) is 77.2 Å². The lowest BCUT2D eigenvalue weighted by Crippen LogP contribution is -2.14. The Morgan fingerprint density at radius 3 is 2.95 bits per heavy atom. The fourth-order valence-electron chi connectivity index (χ4n) is 1.66. The number of hydrogen-bond acceptors (Lipinski definition) is 5. The van der Waals surface area contributed by atoms with Gasteiger partial charge in [0.2, 0.25) is 0 Å². The SMILES string of the molecule is CCOc1cc(F)ccc1NC(=O)c1csc(C(C)N)n1. The number of thiazole rings is 1. The molecule has 1 aromatic carbocycles. The second kappa shape index (κ2) is 6.64. The standard InChI is InChI=1S/C14H16FN3O2S/c1-3-20-12-6-9(15)4-5-10(12)17-13(19)11-7-21-14(18-11)8(2)16/h4-8H,3,16H2,1-2H3,(H,17,19). The number of aromatic nitrogens is 1.